The van der Waals surface area contributed by atoms with Crippen molar-refractivity contribution < 1.29 is 27.1 Å². The van der Waals surface area contributed by atoms with Gasteiger partial charge in [-0.1, -0.05) is 26.7 Å². The first-order chi connectivity index (χ1) is 17.7. The standard InChI is InChI=1S/C27H35FN2O5S2/c1-4-7-8-20-17-30(21-11-9-19(28)10-12-21)22-15-24(36-6-3)23(16-25(22)37(32,33)29-20)35-18-27(13-14-27)26(31)34-5-2/h9-12,15-16,20,29H,4-8,13-14,17-18H2,1-3H3. The largest absolute Gasteiger partial charge is 0.491 e. The number of rotatable bonds is 11. The molecule has 10 heteroatoms. The van der Waals surface area contributed by atoms with Crippen LogP contribution in [-0.4, -0.2) is 45.9 Å². The van der Waals surface area contributed by atoms with Gasteiger partial charge in [-0.15, -0.1) is 11.8 Å². The number of carbonyl (C=O) groups excluding carboxylic acids is 1. The molecule has 7 nitrogen and oxygen atoms in total. The molecule has 1 heterocycles. The van der Waals surface area contributed by atoms with Crippen LogP contribution >= 0.6 is 11.8 Å². The highest BCUT2D eigenvalue weighted by atomic mass is 32.2. The molecular formula is C27H35FN2O5S2. The molecule has 0 aromatic heterocycles. The van der Waals surface area contributed by atoms with E-state index in [1.54, 1.807) is 36.9 Å². The lowest BCUT2D eigenvalue weighted by atomic mass is 10.1. The maximum Gasteiger partial charge on any atom is 0.315 e. The van der Waals surface area contributed by atoms with E-state index in [0.717, 1.165) is 23.5 Å². The highest BCUT2D eigenvalue weighted by molar-refractivity contribution is 7.99. The van der Waals surface area contributed by atoms with Gasteiger partial charge in [-0.05, 0) is 62.3 Å². The van der Waals surface area contributed by atoms with Gasteiger partial charge in [-0.25, -0.2) is 17.5 Å². The van der Waals surface area contributed by atoms with Gasteiger partial charge >= 0.3 is 5.97 Å². The Labute approximate surface area is 223 Å². The van der Waals surface area contributed by atoms with Crippen molar-refractivity contribution in [1.82, 2.24) is 4.72 Å². The fourth-order valence-corrected chi connectivity index (χ4v) is 6.73. The van der Waals surface area contributed by atoms with E-state index >= 15 is 0 Å². The van der Waals surface area contributed by atoms with E-state index in [9.17, 15) is 17.6 Å². The van der Waals surface area contributed by atoms with Gasteiger partial charge in [-0.3, -0.25) is 4.79 Å². The lowest BCUT2D eigenvalue weighted by Gasteiger charge is -2.28. The molecule has 0 bridgehead atoms. The molecule has 37 heavy (non-hydrogen) atoms. The number of nitrogens with zero attached hydrogens (tertiary/aromatic N) is 1. The van der Waals surface area contributed by atoms with Crippen molar-refractivity contribution in [2.45, 2.75) is 68.7 Å². The van der Waals surface area contributed by atoms with Crippen molar-refractivity contribution in [3.05, 3.63) is 42.2 Å². The molecule has 1 N–H and O–H groups in total. The van der Waals surface area contributed by atoms with Gasteiger partial charge in [0.2, 0.25) is 10.0 Å². The molecule has 202 valence electrons. The van der Waals surface area contributed by atoms with Crippen molar-refractivity contribution in [2.75, 3.05) is 30.4 Å². The van der Waals surface area contributed by atoms with E-state index in [1.165, 1.54) is 12.1 Å². The Hall–Kier alpha value is -2.30. The zero-order valence-corrected chi connectivity index (χ0v) is 23.2. The highest BCUT2D eigenvalue weighted by Gasteiger charge is 2.52. The summed E-state index contributed by atoms with van der Waals surface area (Å²) in [6, 6.07) is 9.19. The van der Waals surface area contributed by atoms with Crippen LogP contribution in [0.3, 0.4) is 0 Å². The average Bonchev–Trinajstić information content (AvgIpc) is 3.67. The lowest BCUT2D eigenvalue weighted by Crippen LogP contribution is -2.39. The third kappa shape index (κ3) is 6.23. The van der Waals surface area contributed by atoms with E-state index in [2.05, 4.69) is 11.6 Å². The van der Waals surface area contributed by atoms with Gasteiger partial charge in [0.05, 0.1) is 17.2 Å². The van der Waals surface area contributed by atoms with Gasteiger partial charge in [0.25, 0.3) is 0 Å². The summed E-state index contributed by atoms with van der Waals surface area (Å²) in [5.74, 6) is 0.551. The second-order valence-electron chi connectivity index (χ2n) is 9.54. The molecule has 2 aromatic rings. The van der Waals surface area contributed by atoms with Crippen LogP contribution in [0.2, 0.25) is 0 Å². The Kier molecular flexibility index (Phi) is 8.70. The summed E-state index contributed by atoms with van der Waals surface area (Å²) in [4.78, 5) is 15.3. The second kappa shape index (κ2) is 11.6. The molecule has 1 atom stereocenters. The Balaban J connectivity index is 1.76. The number of halogens is 1. The number of fused-ring (bicyclic) bond motifs is 1. The summed E-state index contributed by atoms with van der Waals surface area (Å²) >= 11 is 1.54. The van der Waals surface area contributed by atoms with Crippen LogP contribution in [0.15, 0.2) is 46.2 Å². The molecule has 0 spiro atoms. The fraction of sp³-hybridized carbons (Fsp3) is 0.519. The molecule has 1 unspecified atom stereocenters. The minimum absolute atomic E-state index is 0.104. The summed E-state index contributed by atoms with van der Waals surface area (Å²) in [5.41, 5.74) is 0.566. The predicted octanol–water partition coefficient (Wildman–Crippen LogP) is 5.65. The van der Waals surface area contributed by atoms with Crippen molar-refractivity contribution >= 4 is 39.1 Å². The number of benzene rings is 2. The molecule has 1 aliphatic carbocycles. The lowest BCUT2D eigenvalue weighted by molar-refractivity contribution is -0.150. The normalized spacial score (nSPS) is 19.6. The van der Waals surface area contributed by atoms with Gasteiger partial charge in [0.15, 0.2) is 0 Å². The van der Waals surface area contributed by atoms with Crippen molar-refractivity contribution in [2.24, 2.45) is 5.41 Å². The molecule has 4 rings (SSSR count). The van der Waals surface area contributed by atoms with Gasteiger partial charge < -0.3 is 14.4 Å². The Morgan fingerprint density at radius 2 is 1.92 bits per heavy atom. The number of thioether (sulfide) groups is 1. The van der Waals surface area contributed by atoms with Crippen LogP contribution < -0.4 is 14.4 Å². The van der Waals surface area contributed by atoms with Crippen LogP contribution in [-0.2, 0) is 19.6 Å². The maximum absolute atomic E-state index is 13.7. The number of carbonyl (C=O) groups is 1. The van der Waals surface area contributed by atoms with Crippen LogP contribution in [0.5, 0.6) is 5.75 Å². The summed E-state index contributed by atoms with van der Waals surface area (Å²) < 4.78 is 55.2. The first kappa shape index (κ1) is 27.7. The monoisotopic (exact) mass is 550 g/mol. The van der Waals surface area contributed by atoms with Gasteiger partial charge in [0.1, 0.15) is 28.5 Å². The predicted molar refractivity (Wildman–Crippen MR) is 144 cm³/mol. The van der Waals surface area contributed by atoms with E-state index in [4.69, 9.17) is 9.47 Å². The maximum atomic E-state index is 13.7. The molecule has 2 aromatic carbocycles. The van der Waals surface area contributed by atoms with E-state index in [-0.39, 0.29) is 29.3 Å². The topological polar surface area (TPSA) is 84.9 Å². The zero-order chi connectivity index (χ0) is 26.6. The molecule has 1 saturated carbocycles. The highest BCUT2D eigenvalue weighted by Crippen LogP contribution is 2.48. The average molecular weight is 551 g/mol. The van der Waals surface area contributed by atoms with E-state index in [1.807, 2.05) is 17.9 Å². The summed E-state index contributed by atoms with van der Waals surface area (Å²) in [6.07, 6.45) is 3.87. The molecule has 1 fully saturated rings. The Morgan fingerprint density at radius 1 is 1.19 bits per heavy atom. The van der Waals surface area contributed by atoms with Gasteiger partial charge in [0, 0.05) is 24.3 Å². The number of hydrogen-bond acceptors (Lipinski definition) is 7. The van der Waals surface area contributed by atoms with E-state index in [0.29, 0.717) is 49.5 Å². The molecule has 1 aliphatic heterocycles. The SMILES string of the molecule is CCCCC1CN(c2ccc(F)cc2)c2cc(SCC)c(OCC3(C(=O)OCC)CC3)cc2S(=O)(=O)N1. The van der Waals surface area contributed by atoms with E-state index < -0.39 is 15.4 Å². The number of ether oxygens (including phenoxy) is 2. The summed E-state index contributed by atoms with van der Waals surface area (Å²) in [7, 11) is -3.87. The molecule has 0 radical (unpaired) electrons. The molecule has 2 aliphatic rings. The number of nitrogens with one attached hydrogen (secondary N) is 1. The molecule has 0 saturated heterocycles. The smallest absolute Gasteiger partial charge is 0.315 e. The molecular weight excluding hydrogens is 515 g/mol. The first-order valence-corrected chi connectivity index (χ1v) is 15.4. The summed E-state index contributed by atoms with van der Waals surface area (Å²) in [5, 5.41) is 0. The molecule has 0 amide bonds. The zero-order valence-electron chi connectivity index (χ0n) is 21.6. The number of esters is 1. The number of hydrogen-bond donors (Lipinski definition) is 1. The van der Waals surface area contributed by atoms with Crippen molar-refractivity contribution in [3.63, 3.8) is 0 Å². The quantitative estimate of drug-likeness (QED) is 0.286. The first-order valence-electron chi connectivity index (χ1n) is 12.9. The fourth-order valence-electron chi connectivity index (χ4n) is 4.50. The second-order valence-corrected chi connectivity index (χ2v) is 12.5. The third-order valence-corrected chi connectivity index (χ3v) is 9.21. The van der Waals surface area contributed by atoms with Gasteiger partial charge in [-0.2, -0.15) is 0 Å². The number of sulfonamides is 1. The number of unbranched alkanes of at least 4 members (excludes halogenated alkanes) is 1. The van der Waals surface area contributed by atoms with Crippen LogP contribution in [0.1, 0.15) is 52.9 Å². The Morgan fingerprint density at radius 3 is 2.54 bits per heavy atom. The van der Waals surface area contributed by atoms with Crippen LogP contribution in [0.25, 0.3) is 0 Å². The van der Waals surface area contributed by atoms with Crippen LogP contribution in [0.4, 0.5) is 15.8 Å². The minimum atomic E-state index is -3.87. The van der Waals surface area contributed by atoms with Crippen molar-refractivity contribution in [1.29, 1.82) is 0 Å². The number of anilines is 2. The summed E-state index contributed by atoms with van der Waals surface area (Å²) in [6.45, 7) is 6.71. The minimum Gasteiger partial charge on any atom is -0.491 e. The van der Waals surface area contributed by atoms with Crippen LogP contribution in [0, 0.1) is 11.2 Å². The Bertz CT molecular complexity index is 1220. The van der Waals surface area contributed by atoms with Crippen molar-refractivity contribution in [3.8, 4) is 5.75 Å². The third-order valence-electron chi connectivity index (χ3n) is 6.74.